The van der Waals surface area contributed by atoms with Crippen LogP contribution in [0.25, 0.3) is 21.9 Å². The largest absolute Gasteiger partial charge is 0.462 e. The van der Waals surface area contributed by atoms with E-state index in [-0.39, 0.29) is 41.2 Å². The summed E-state index contributed by atoms with van der Waals surface area (Å²) < 4.78 is 93.3. The summed E-state index contributed by atoms with van der Waals surface area (Å²) >= 11 is 0. The lowest BCUT2D eigenvalue weighted by Crippen LogP contribution is -2.38. The van der Waals surface area contributed by atoms with E-state index in [0.717, 1.165) is 5.39 Å². The van der Waals surface area contributed by atoms with E-state index < -0.39 is 35.8 Å². The van der Waals surface area contributed by atoms with Gasteiger partial charge in [-0.05, 0) is 40.1 Å². The summed E-state index contributed by atoms with van der Waals surface area (Å²) in [6.07, 6.45) is -10.5. The van der Waals surface area contributed by atoms with Crippen LogP contribution in [0.2, 0.25) is 0 Å². The Balaban J connectivity index is 1.66. The van der Waals surface area contributed by atoms with Crippen molar-refractivity contribution >= 4 is 16.7 Å². The smallest absolute Gasteiger partial charge is 0.416 e. The summed E-state index contributed by atoms with van der Waals surface area (Å²) in [4.78, 5) is 24.2. The Labute approximate surface area is 248 Å². The van der Waals surface area contributed by atoms with Gasteiger partial charge in [-0.25, -0.2) is 0 Å². The Morgan fingerprint density at radius 1 is 0.932 bits per heavy atom. The third-order valence-electron chi connectivity index (χ3n) is 7.23. The number of carbonyl (C=O) groups is 1. The lowest BCUT2D eigenvalue weighted by molar-refractivity contribution is -0.143. The molecule has 1 amide bonds. The normalized spacial score (nSPS) is 14.5. The molecule has 1 fully saturated rings. The summed E-state index contributed by atoms with van der Waals surface area (Å²) in [5.41, 5.74) is -2.63. The number of ether oxygens (including phenoxy) is 2. The first kappa shape index (κ1) is 31.2. The van der Waals surface area contributed by atoms with E-state index in [0.29, 0.717) is 55.9 Å². The fourth-order valence-electron chi connectivity index (χ4n) is 5.09. The molecule has 44 heavy (non-hydrogen) atoms. The molecule has 3 aromatic carbocycles. The molecule has 4 aromatic rings. The van der Waals surface area contributed by atoms with E-state index in [1.165, 1.54) is 7.05 Å². The Bertz CT molecular complexity index is 1610. The van der Waals surface area contributed by atoms with Gasteiger partial charge in [0.2, 0.25) is 0 Å². The number of alkyl halides is 6. The molecule has 1 aliphatic rings. The van der Waals surface area contributed by atoms with Crippen LogP contribution in [0.4, 0.5) is 26.3 Å². The number of hydrogen-bond donors (Lipinski definition) is 1. The zero-order chi connectivity index (χ0) is 31.5. The number of fused-ring (bicyclic) bond motifs is 1. The second-order valence-corrected chi connectivity index (χ2v) is 10.2. The number of nitrogens with one attached hydrogen (secondary N) is 1. The van der Waals surface area contributed by atoms with Gasteiger partial charge in [-0.15, -0.1) is 0 Å². The fourth-order valence-corrected chi connectivity index (χ4v) is 5.09. The van der Waals surface area contributed by atoms with Crippen LogP contribution in [-0.4, -0.2) is 67.3 Å². The van der Waals surface area contributed by atoms with Crippen molar-refractivity contribution in [2.24, 2.45) is 0 Å². The highest BCUT2D eigenvalue weighted by molar-refractivity contribution is 6.05. The SMILES string of the molecule is CNC(=O)c1nc(OCCN2CCOCC2)nc(Cc2cc(C(F)(F)F)cc(C(F)(F)F)c2)c1-c1cccc2ccccc12. The molecule has 0 unspecified atom stereocenters. The lowest BCUT2D eigenvalue weighted by Gasteiger charge is -2.26. The van der Waals surface area contributed by atoms with Crippen molar-refractivity contribution in [3.8, 4) is 17.1 Å². The molecule has 232 valence electrons. The van der Waals surface area contributed by atoms with Crippen LogP contribution in [0.1, 0.15) is 32.9 Å². The van der Waals surface area contributed by atoms with E-state index >= 15 is 0 Å². The minimum atomic E-state index is -5.03. The van der Waals surface area contributed by atoms with Crippen molar-refractivity contribution in [1.82, 2.24) is 20.2 Å². The first-order valence-corrected chi connectivity index (χ1v) is 13.8. The molecule has 5 rings (SSSR count). The maximum atomic E-state index is 13.7. The Kier molecular flexibility index (Phi) is 9.07. The third-order valence-corrected chi connectivity index (χ3v) is 7.23. The number of nitrogens with zero attached hydrogens (tertiary/aromatic N) is 3. The number of amides is 1. The number of morpholine rings is 1. The Morgan fingerprint density at radius 3 is 2.25 bits per heavy atom. The van der Waals surface area contributed by atoms with E-state index in [1.54, 1.807) is 24.3 Å². The third kappa shape index (κ3) is 7.11. The first-order chi connectivity index (χ1) is 20.9. The maximum absolute atomic E-state index is 13.7. The van der Waals surface area contributed by atoms with Gasteiger partial charge < -0.3 is 14.8 Å². The summed E-state index contributed by atoms with van der Waals surface area (Å²) in [5, 5.41) is 4.00. The van der Waals surface area contributed by atoms with Gasteiger partial charge in [0.1, 0.15) is 12.3 Å². The Hall–Kier alpha value is -4.23. The average molecular weight is 619 g/mol. The van der Waals surface area contributed by atoms with Crippen LogP contribution in [-0.2, 0) is 23.5 Å². The van der Waals surface area contributed by atoms with Crippen LogP contribution < -0.4 is 10.1 Å². The minimum absolute atomic E-state index is 0.0313. The van der Waals surface area contributed by atoms with Gasteiger partial charge in [-0.1, -0.05) is 42.5 Å². The quantitative estimate of drug-likeness (QED) is 0.245. The van der Waals surface area contributed by atoms with Crippen molar-refractivity contribution in [3.63, 3.8) is 0 Å². The van der Waals surface area contributed by atoms with E-state index in [4.69, 9.17) is 9.47 Å². The molecular weight excluding hydrogens is 590 g/mol. The molecule has 0 saturated carbocycles. The molecular formula is C31H28F6N4O3. The van der Waals surface area contributed by atoms with E-state index in [2.05, 4.69) is 20.2 Å². The predicted molar refractivity (Wildman–Crippen MR) is 150 cm³/mol. The van der Waals surface area contributed by atoms with Gasteiger partial charge >= 0.3 is 18.4 Å². The first-order valence-electron chi connectivity index (χ1n) is 13.8. The van der Waals surface area contributed by atoms with Gasteiger partial charge in [-0.2, -0.15) is 36.3 Å². The number of halogens is 6. The van der Waals surface area contributed by atoms with Gasteiger partial charge in [-0.3, -0.25) is 9.69 Å². The molecule has 1 aromatic heterocycles. The number of hydrogen-bond acceptors (Lipinski definition) is 6. The number of aromatic nitrogens is 2. The predicted octanol–water partition coefficient (Wildman–Crippen LogP) is 6.00. The molecule has 2 heterocycles. The number of benzene rings is 3. The van der Waals surface area contributed by atoms with Crippen LogP contribution in [0.15, 0.2) is 60.7 Å². The fraction of sp³-hybridized carbons (Fsp3) is 0.323. The molecule has 0 bridgehead atoms. The van der Waals surface area contributed by atoms with Gasteiger partial charge in [0.15, 0.2) is 0 Å². The van der Waals surface area contributed by atoms with E-state index in [9.17, 15) is 31.1 Å². The zero-order valence-corrected chi connectivity index (χ0v) is 23.6. The molecule has 0 atom stereocenters. The van der Waals surface area contributed by atoms with Gasteiger partial charge in [0.25, 0.3) is 5.91 Å². The average Bonchev–Trinajstić information content (AvgIpc) is 3.00. The van der Waals surface area contributed by atoms with Crippen molar-refractivity contribution in [1.29, 1.82) is 0 Å². The van der Waals surface area contributed by atoms with Crippen LogP contribution in [0.3, 0.4) is 0 Å². The summed E-state index contributed by atoms with van der Waals surface area (Å²) in [6.45, 7) is 3.13. The summed E-state index contributed by atoms with van der Waals surface area (Å²) in [5.74, 6) is -0.630. The number of carbonyl (C=O) groups excluding carboxylic acids is 1. The zero-order valence-electron chi connectivity index (χ0n) is 23.6. The van der Waals surface area contributed by atoms with Crippen LogP contribution in [0, 0.1) is 0 Å². The molecule has 1 N–H and O–H groups in total. The van der Waals surface area contributed by atoms with Crippen molar-refractivity contribution in [2.45, 2.75) is 18.8 Å². The van der Waals surface area contributed by atoms with Gasteiger partial charge in [0.05, 0.1) is 30.0 Å². The topological polar surface area (TPSA) is 76.6 Å². The molecule has 0 radical (unpaired) electrons. The lowest BCUT2D eigenvalue weighted by atomic mass is 9.92. The summed E-state index contributed by atoms with van der Waals surface area (Å²) in [6, 6.07) is 13.6. The summed E-state index contributed by atoms with van der Waals surface area (Å²) in [7, 11) is 1.39. The highest BCUT2D eigenvalue weighted by Gasteiger charge is 2.37. The van der Waals surface area contributed by atoms with Crippen LogP contribution in [0.5, 0.6) is 6.01 Å². The monoisotopic (exact) mass is 618 g/mol. The second-order valence-electron chi connectivity index (χ2n) is 10.2. The highest BCUT2D eigenvalue weighted by Crippen LogP contribution is 2.39. The molecule has 7 nitrogen and oxygen atoms in total. The van der Waals surface area contributed by atoms with E-state index in [1.807, 2.05) is 18.2 Å². The van der Waals surface area contributed by atoms with Crippen LogP contribution >= 0.6 is 0 Å². The highest BCUT2D eigenvalue weighted by atomic mass is 19.4. The molecule has 0 aliphatic carbocycles. The van der Waals surface area contributed by atoms with Crippen molar-refractivity contribution in [2.75, 3.05) is 46.5 Å². The molecule has 1 aliphatic heterocycles. The Morgan fingerprint density at radius 2 is 1.59 bits per heavy atom. The number of rotatable bonds is 8. The molecule has 0 spiro atoms. The van der Waals surface area contributed by atoms with Crippen molar-refractivity contribution < 1.29 is 40.6 Å². The molecule has 1 saturated heterocycles. The minimum Gasteiger partial charge on any atom is -0.462 e. The van der Waals surface area contributed by atoms with Crippen molar-refractivity contribution in [3.05, 3.63) is 88.7 Å². The second kappa shape index (κ2) is 12.8. The maximum Gasteiger partial charge on any atom is 0.416 e. The standard InChI is InChI=1S/C31H28F6N4O3/c1-38-28(42)27-26(24-8-4-6-20-5-2-3-7-23(20)24)25(39-29(40-27)44-14-11-41-9-12-43-13-10-41)17-19-15-21(30(32,33)34)18-22(16-19)31(35,36)37/h2-8,15-16,18H,9-14,17H2,1H3,(H,38,42). The van der Waals surface area contributed by atoms with Gasteiger partial charge in [0, 0.05) is 38.7 Å². The molecule has 13 heteroatoms.